The van der Waals surface area contributed by atoms with Crippen LogP contribution in [0.1, 0.15) is 78.3 Å². The van der Waals surface area contributed by atoms with Gasteiger partial charge in [-0.3, -0.25) is 9.59 Å². The summed E-state index contributed by atoms with van der Waals surface area (Å²) in [5.41, 5.74) is 2.97. The summed E-state index contributed by atoms with van der Waals surface area (Å²) in [6.45, 7) is 5.07. The van der Waals surface area contributed by atoms with Crippen LogP contribution in [-0.4, -0.2) is 46.0 Å². The summed E-state index contributed by atoms with van der Waals surface area (Å²) in [6, 6.07) is 14.4. The fourth-order valence-corrected chi connectivity index (χ4v) is 7.12. The number of likely N-dealkylation sites (tertiary alicyclic amines) is 1. The summed E-state index contributed by atoms with van der Waals surface area (Å²) in [4.78, 5) is 30.3. The van der Waals surface area contributed by atoms with Crippen LogP contribution in [0.3, 0.4) is 0 Å². The van der Waals surface area contributed by atoms with Gasteiger partial charge in [0, 0.05) is 29.1 Å². The molecule has 2 amide bonds. The summed E-state index contributed by atoms with van der Waals surface area (Å²) >= 11 is 1.59. The summed E-state index contributed by atoms with van der Waals surface area (Å²) in [7, 11) is 1.55. The number of ether oxygens (including phenoxy) is 1. The monoisotopic (exact) mass is 553 g/mol. The number of thiophene rings is 1. The predicted octanol–water partition coefficient (Wildman–Crippen LogP) is 5.70. The number of hydrogen-bond acceptors (Lipinski definition) is 6. The minimum absolute atomic E-state index is 0.0432. The van der Waals surface area contributed by atoms with E-state index >= 15 is 0 Å². The van der Waals surface area contributed by atoms with Crippen LogP contribution in [0.15, 0.2) is 35.7 Å². The number of methoxy groups -OCH3 is 1. The molecule has 1 N–H and O–H groups in total. The van der Waals surface area contributed by atoms with Crippen LogP contribution in [0.4, 0.5) is 0 Å². The number of carbonyl (C=O) groups excluding carboxylic acids is 2. The predicted molar refractivity (Wildman–Crippen MR) is 152 cm³/mol. The Bertz CT molecular complexity index is 1600. The molecule has 204 valence electrons. The lowest BCUT2D eigenvalue weighted by atomic mass is 9.78. The van der Waals surface area contributed by atoms with Crippen molar-refractivity contribution in [2.75, 3.05) is 13.7 Å². The Morgan fingerprint density at radius 2 is 1.93 bits per heavy atom. The van der Waals surface area contributed by atoms with Gasteiger partial charge in [0.2, 0.25) is 0 Å². The molecule has 40 heavy (non-hydrogen) atoms. The molecule has 2 aliphatic heterocycles. The minimum atomic E-state index is -0.837. The number of benzene rings is 1. The molecule has 1 aromatic carbocycles. The number of hydrogen-bond donors (Lipinski definition) is 1. The minimum Gasteiger partial charge on any atom is -0.496 e. The Hall–Kier alpha value is -4.08. The average molecular weight is 554 g/mol. The molecule has 1 saturated carbocycles. The highest BCUT2D eigenvalue weighted by Gasteiger charge is 2.43. The van der Waals surface area contributed by atoms with Crippen LogP contribution in [0.5, 0.6) is 5.75 Å². The standard InChI is InChI=1S/C31H31N5O3S/c1-19-16-35-24(29(38)36-11-6-8-30(36,2)17-32)14-23(26-7-4-12-40-26)27(35)21-13-22(25(39-3)15-20(19)21)28(37)34-31(18-33)9-5-10-31/h4,7,12-15,19H,5-6,8-11,16H2,1-3H3,(H,34,37)/t19-,30-/m1/s1. The summed E-state index contributed by atoms with van der Waals surface area (Å²) in [5, 5.41) is 24.6. The summed E-state index contributed by atoms with van der Waals surface area (Å²) in [5.74, 6) is 0.0229. The number of amides is 2. The molecule has 3 aliphatic rings. The van der Waals surface area contributed by atoms with Gasteiger partial charge in [-0.1, -0.05) is 13.0 Å². The molecule has 2 aromatic heterocycles. The van der Waals surface area contributed by atoms with Crippen LogP contribution < -0.4 is 10.1 Å². The molecule has 2 atom stereocenters. The van der Waals surface area contributed by atoms with Crippen LogP contribution in [0.2, 0.25) is 0 Å². The lowest BCUT2D eigenvalue weighted by Gasteiger charge is -2.36. The number of fused-ring (bicyclic) bond motifs is 3. The van der Waals surface area contributed by atoms with E-state index in [4.69, 9.17) is 4.74 Å². The summed E-state index contributed by atoms with van der Waals surface area (Å²) in [6.07, 6.45) is 3.62. The number of nitrogens with zero attached hydrogens (tertiary/aromatic N) is 4. The van der Waals surface area contributed by atoms with Gasteiger partial charge in [0.15, 0.2) is 0 Å². The van der Waals surface area contributed by atoms with Crippen molar-refractivity contribution in [1.29, 1.82) is 10.5 Å². The van der Waals surface area contributed by atoms with Gasteiger partial charge in [0.05, 0.1) is 30.5 Å². The van der Waals surface area contributed by atoms with Crippen molar-refractivity contribution in [3.05, 3.63) is 52.5 Å². The van der Waals surface area contributed by atoms with Crippen molar-refractivity contribution in [3.8, 4) is 39.6 Å². The van der Waals surface area contributed by atoms with Crippen LogP contribution in [0.25, 0.3) is 21.7 Å². The van der Waals surface area contributed by atoms with E-state index in [1.165, 1.54) is 0 Å². The van der Waals surface area contributed by atoms with Crippen molar-refractivity contribution in [2.24, 2.45) is 0 Å². The van der Waals surface area contributed by atoms with E-state index < -0.39 is 11.1 Å². The first kappa shape index (κ1) is 26.2. The highest BCUT2D eigenvalue weighted by molar-refractivity contribution is 7.13. The zero-order chi connectivity index (χ0) is 28.2. The molecule has 9 heteroatoms. The third-order valence-corrected chi connectivity index (χ3v) is 9.77. The maximum absolute atomic E-state index is 14.0. The number of nitriles is 2. The SMILES string of the molecule is COc1cc2c(cc1C(=O)NC1(C#N)CCC1)-c1c(-c3cccs3)cc(C(=O)N3CCC[C@]3(C)C#N)n1C[C@H]2C. The van der Waals surface area contributed by atoms with E-state index in [0.717, 1.165) is 40.1 Å². The van der Waals surface area contributed by atoms with E-state index in [1.54, 1.807) is 23.3 Å². The third-order valence-electron chi connectivity index (χ3n) is 8.86. The molecular formula is C31H31N5O3S. The topological polar surface area (TPSA) is 111 Å². The van der Waals surface area contributed by atoms with Crippen molar-refractivity contribution < 1.29 is 14.3 Å². The van der Waals surface area contributed by atoms with Gasteiger partial charge in [-0.25, -0.2) is 0 Å². The second kappa shape index (κ2) is 9.53. The van der Waals surface area contributed by atoms with Crippen LogP contribution >= 0.6 is 11.3 Å². The highest BCUT2D eigenvalue weighted by Crippen LogP contribution is 2.47. The number of aromatic nitrogens is 1. The molecule has 4 heterocycles. The van der Waals surface area contributed by atoms with Crippen molar-refractivity contribution in [2.45, 2.75) is 69.5 Å². The Kier molecular flexibility index (Phi) is 6.23. The first-order valence-corrected chi connectivity index (χ1v) is 14.6. The van der Waals surface area contributed by atoms with E-state index in [1.807, 2.05) is 42.6 Å². The van der Waals surface area contributed by atoms with Gasteiger partial charge < -0.3 is 19.5 Å². The third kappa shape index (κ3) is 3.91. The highest BCUT2D eigenvalue weighted by atomic mass is 32.1. The first-order chi connectivity index (χ1) is 19.2. The van der Waals surface area contributed by atoms with E-state index in [9.17, 15) is 20.1 Å². The average Bonchev–Trinajstić information content (AvgIpc) is 3.69. The Morgan fingerprint density at radius 3 is 2.55 bits per heavy atom. The van der Waals surface area contributed by atoms with Gasteiger partial charge >= 0.3 is 0 Å². The van der Waals surface area contributed by atoms with Crippen molar-refractivity contribution >= 4 is 23.2 Å². The smallest absolute Gasteiger partial charge is 0.271 e. The normalized spacial score (nSPS) is 22.3. The van der Waals surface area contributed by atoms with E-state index in [-0.39, 0.29) is 17.7 Å². The van der Waals surface area contributed by atoms with Gasteiger partial charge in [-0.15, -0.1) is 11.3 Å². The van der Waals surface area contributed by atoms with Gasteiger partial charge in [0.25, 0.3) is 11.8 Å². The molecule has 0 unspecified atom stereocenters. The molecule has 0 bridgehead atoms. The van der Waals surface area contributed by atoms with E-state index in [2.05, 4.69) is 28.9 Å². The molecule has 6 rings (SSSR count). The number of nitrogens with one attached hydrogen (secondary N) is 1. The van der Waals surface area contributed by atoms with Crippen molar-refractivity contribution in [3.63, 3.8) is 0 Å². The fraction of sp³-hybridized carbons (Fsp3) is 0.419. The second-order valence-corrected chi connectivity index (χ2v) is 12.3. The number of rotatable bonds is 5. The maximum Gasteiger partial charge on any atom is 0.271 e. The lowest BCUT2D eigenvalue weighted by Crippen LogP contribution is -2.52. The van der Waals surface area contributed by atoms with Crippen LogP contribution in [-0.2, 0) is 6.54 Å². The Morgan fingerprint density at radius 1 is 1.12 bits per heavy atom. The van der Waals surface area contributed by atoms with Gasteiger partial charge in [0.1, 0.15) is 22.5 Å². The zero-order valence-corrected chi connectivity index (χ0v) is 23.7. The second-order valence-electron chi connectivity index (χ2n) is 11.4. The largest absolute Gasteiger partial charge is 0.496 e. The Labute approximate surface area is 237 Å². The van der Waals surface area contributed by atoms with Gasteiger partial charge in [-0.05, 0) is 80.2 Å². The molecule has 1 aliphatic carbocycles. The molecule has 3 aromatic rings. The number of carbonyl (C=O) groups is 2. The van der Waals surface area contributed by atoms with Gasteiger partial charge in [-0.2, -0.15) is 10.5 Å². The fourth-order valence-electron chi connectivity index (χ4n) is 6.38. The molecule has 8 nitrogen and oxygen atoms in total. The van der Waals surface area contributed by atoms with E-state index in [0.29, 0.717) is 49.4 Å². The lowest BCUT2D eigenvalue weighted by molar-refractivity contribution is 0.0681. The molecule has 0 spiro atoms. The van der Waals surface area contributed by atoms with Crippen LogP contribution in [0, 0.1) is 22.7 Å². The Balaban J connectivity index is 1.52. The van der Waals surface area contributed by atoms with Crippen molar-refractivity contribution in [1.82, 2.24) is 14.8 Å². The maximum atomic E-state index is 14.0. The molecule has 1 saturated heterocycles. The molecular weight excluding hydrogens is 522 g/mol. The molecule has 2 fully saturated rings. The quantitative estimate of drug-likeness (QED) is 0.435. The zero-order valence-electron chi connectivity index (χ0n) is 22.9. The summed E-state index contributed by atoms with van der Waals surface area (Å²) < 4.78 is 7.74. The first-order valence-electron chi connectivity index (χ1n) is 13.7. The molecule has 0 radical (unpaired) electrons.